The van der Waals surface area contributed by atoms with Crippen LogP contribution in [0, 0.1) is 0 Å². The Morgan fingerprint density at radius 2 is 1.38 bits per heavy atom. The molecule has 0 aliphatic carbocycles. The minimum absolute atomic E-state index is 0.0286. The second kappa shape index (κ2) is 10.8. The fourth-order valence-corrected chi connectivity index (χ4v) is 4.16. The van der Waals surface area contributed by atoms with Crippen molar-refractivity contribution in [1.29, 1.82) is 0 Å². The lowest BCUT2D eigenvalue weighted by molar-refractivity contribution is -0.117. The summed E-state index contributed by atoms with van der Waals surface area (Å²) in [5, 5.41) is 5.23. The van der Waals surface area contributed by atoms with E-state index in [0.29, 0.717) is 28.6 Å². The summed E-state index contributed by atoms with van der Waals surface area (Å²) in [5.74, 6) is 0.884. The van der Waals surface area contributed by atoms with Crippen molar-refractivity contribution in [2.45, 2.75) is 24.8 Å². The molecule has 10 heteroatoms. The molecule has 9 nitrogen and oxygen atoms in total. The van der Waals surface area contributed by atoms with E-state index >= 15 is 0 Å². The maximum Gasteiger partial charge on any atom is 0.242 e. The molecule has 0 heterocycles. The molecule has 0 saturated heterocycles. The first kappa shape index (κ1) is 24.7. The van der Waals surface area contributed by atoms with Crippen LogP contribution in [0.25, 0.3) is 0 Å². The van der Waals surface area contributed by atoms with Crippen molar-refractivity contribution < 1.29 is 27.5 Å². The Labute approximate surface area is 198 Å². The summed E-state index contributed by atoms with van der Waals surface area (Å²) >= 11 is 0. The number of rotatable bonds is 9. The lowest BCUT2D eigenvalue weighted by Crippen LogP contribution is -2.41. The van der Waals surface area contributed by atoms with E-state index in [4.69, 9.17) is 9.47 Å². The molecular weight excluding hydrogens is 458 g/mol. The smallest absolute Gasteiger partial charge is 0.242 e. The highest BCUT2D eigenvalue weighted by Crippen LogP contribution is 2.31. The number of para-hydroxylation sites is 2. The van der Waals surface area contributed by atoms with Crippen LogP contribution < -0.4 is 24.8 Å². The van der Waals surface area contributed by atoms with Gasteiger partial charge in [0, 0.05) is 18.3 Å². The minimum atomic E-state index is -3.95. The average molecular weight is 484 g/mol. The van der Waals surface area contributed by atoms with E-state index in [9.17, 15) is 18.0 Å². The Balaban J connectivity index is 1.60. The first-order valence-electron chi connectivity index (χ1n) is 10.3. The van der Waals surface area contributed by atoms with Gasteiger partial charge in [0.25, 0.3) is 0 Å². The molecule has 1 unspecified atom stereocenters. The molecule has 178 valence electrons. The number of hydrogen-bond acceptors (Lipinski definition) is 6. The summed E-state index contributed by atoms with van der Waals surface area (Å²) < 4.78 is 38.6. The fourth-order valence-electron chi connectivity index (χ4n) is 2.96. The zero-order valence-corrected chi connectivity index (χ0v) is 19.7. The number of carbonyl (C=O) groups is 2. The summed E-state index contributed by atoms with van der Waals surface area (Å²) in [7, 11) is -2.39. The van der Waals surface area contributed by atoms with Crippen LogP contribution in [0.3, 0.4) is 0 Å². The van der Waals surface area contributed by atoms with Crippen molar-refractivity contribution in [1.82, 2.24) is 4.72 Å². The first-order chi connectivity index (χ1) is 16.2. The van der Waals surface area contributed by atoms with Crippen LogP contribution in [0.4, 0.5) is 11.4 Å². The lowest BCUT2D eigenvalue weighted by atomic mass is 10.2. The van der Waals surface area contributed by atoms with E-state index in [0.717, 1.165) is 0 Å². The molecule has 0 radical (unpaired) electrons. The predicted molar refractivity (Wildman–Crippen MR) is 129 cm³/mol. The molecule has 0 spiro atoms. The molecule has 2 amide bonds. The molecule has 3 aromatic rings. The molecule has 3 aromatic carbocycles. The predicted octanol–water partition coefficient (Wildman–Crippen LogP) is 3.75. The van der Waals surface area contributed by atoms with E-state index in [1.165, 1.54) is 38.1 Å². The normalized spacial score (nSPS) is 11.9. The molecule has 0 aliphatic rings. The number of amides is 2. The number of sulfonamides is 1. The van der Waals surface area contributed by atoms with Crippen LogP contribution >= 0.6 is 0 Å². The molecular formula is C24H25N3O6S. The number of carbonyl (C=O) groups excluding carboxylic acids is 2. The molecule has 0 fully saturated rings. The zero-order valence-electron chi connectivity index (χ0n) is 18.9. The molecule has 0 aliphatic heterocycles. The second-order valence-electron chi connectivity index (χ2n) is 7.32. The Morgan fingerprint density at radius 3 is 1.97 bits per heavy atom. The highest BCUT2D eigenvalue weighted by atomic mass is 32.2. The lowest BCUT2D eigenvalue weighted by Gasteiger charge is -2.15. The summed E-state index contributed by atoms with van der Waals surface area (Å²) in [6, 6.07) is 18.4. The number of ether oxygens (including phenoxy) is 2. The maximum absolute atomic E-state index is 12.6. The third-order valence-corrected chi connectivity index (χ3v) is 6.19. The number of nitrogens with one attached hydrogen (secondary N) is 3. The van der Waals surface area contributed by atoms with Gasteiger partial charge >= 0.3 is 0 Å². The van der Waals surface area contributed by atoms with E-state index in [1.807, 2.05) is 12.1 Å². The molecule has 0 bridgehead atoms. The molecule has 0 aromatic heterocycles. The van der Waals surface area contributed by atoms with Gasteiger partial charge in [-0.25, -0.2) is 8.42 Å². The number of benzene rings is 3. The van der Waals surface area contributed by atoms with E-state index in [-0.39, 0.29) is 10.8 Å². The van der Waals surface area contributed by atoms with Crippen molar-refractivity contribution in [3.8, 4) is 17.2 Å². The van der Waals surface area contributed by atoms with Crippen molar-refractivity contribution in [2.75, 3.05) is 17.7 Å². The first-order valence-corrected chi connectivity index (χ1v) is 11.8. The summed E-state index contributed by atoms with van der Waals surface area (Å²) in [5.41, 5.74) is 0.943. The highest BCUT2D eigenvalue weighted by Gasteiger charge is 2.22. The molecule has 3 rings (SSSR count). The van der Waals surface area contributed by atoms with Crippen LogP contribution in [0.2, 0.25) is 0 Å². The van der Waals surface area contributed by atoms with Crippen LogP contribution in [0.5, 0.6) is 17.2 Å². The summed E-state index contributed by atoms with van der Waals surface area (Å²) in [6.45, 7) is 2.80. The standard InChI is InChI=1S/C24H25N3O6S/c1-16(27-34(30,31)21-14-10-18(11-15-21)25-17(2)28)24(29)26-19-8-12-20(13-9-19)33-23-7-5-4-6-22(23)32-3/h4-16,27H,1-3H3,(H,25,28)(H,26,29). The van der Waals surface area contributed by atoms with Gasteiger partial charge in [0.2, 0.25) is 21.8 Å². The number of anilines is 2. The minimum Gasteiger partial charge on any atom is -0.493 e. The molecule has 0 saturated carbocycles. The molecule has 3 N–H and O–H groups in total. The maximum atomic E-state index is 12.6. The monoisotopic (exact) mass is 483 g/mol. The molecule has 34 heavy (non-hydrogen) atoms. The fraction of sp³-hybridized carbons (Fsp3) is 0.167. The molecule has 1 atom stereocenters. The van der Waals surface area contributed by atoms with Gasteiger partial charge < -0.3 is 20.1 Å². The van der Waals surface area contributed by atoms with Gasteiger partial charge in [-0.1, -0.05) is 12.1 Å². The number of hydrogen-bond donors (Lipinski definition) is 3. The Kier molecular flexibility index (Phi) is 7.87. The van der Waals surface area contributed by atoms with Crippen molar-refractivity contribution in [2.24, 2.45) is 0 Å². The summed E-state index contributed by atoms with van der Waals surface area (Å²) in [6.07, 6.45) is 0. The Bertz CT molecular complexity index is 1260. The van der Waals surface area contributed by atoms with Crippen LogP contribution in [-0.2, 0) is 19.6 Å². The van der Waals surface area contributed by atoms with Crippen molar-refractivity contribution in [3.05, 3.63) is 72.8 Å². The van der Waals surface area contributed by atoms with Crippen LogP contribution in [0.15, 0.2) is 77.7 Å². The highest BCUT2D eigenvalue weighted by molar-refractivity contribution is 7.89. The van der Waals surface area contributed by atoms with E-state index in [2.05, 4.69) is 15.4 Å². The SMILES string of the molecule is COc1ccccc1Oc1ccc(NC(=O)C(C)NS(=O)(=O)c2ccc(NC(C)=O)cc2)cc1. The second-order valence-corrected chi connectivity index (χ2v) is 9.03. The third kappa shape index (κ3) is 6.56. The van der Waals surface area contributed by atoms with Gasteiger partial charge in [-0.05, 0) is 67.6 Å². The van der Waals surface area contributed by atoms with Gasteiger partial charge in [0.15, 0.2) is 11.5 Å². The van der Waals surface area contributed by atoms with E-state index < -0.39 is 22.0 Å². The average Bonchev–Trinajstić information content (AvgIpc) is 2.80. The van der Waals surface area contributed by atoms with Gasteiger partial charge in [-0.15, -0.1) is 0 Å². The van der Waals surface area contributed by atoms with Gasteiger partial charge in [-0.2, -0.15) is 4.72 Å². The van der Waals surface area contributed by atoms with Gasteiger partial charge in [0.05, 0.1) is 18.0 Å². The van der Waals surface area contributed by atoms with E-state index in [1.54, 1.807) is 43.5 Å². The number of methoxy groups -OCH3 is 1. The summed E-state index contributed by atoms with van der Waals surface area (Å²) in [4.78, 5) is 23.6. The Morgan fingerprint density at radius 1 is 0.824 bits per heavy atom. The zero-order chi connectivity index (χ0) is 24.7. The van der Waals surface area contributed by atoms with Crippen LogP contribution in [0.1, 0.15) is 13.8 Å². The van der Waals surface area contributed by atoms with Gasteiger partial charge in [-0.3, -0.25) is 9.59 Å². The van der Waals surface area contributed by atoms with Crippen molar-refractivity contribution >= 4 is 33.2 Å². The quantitative estimate of drug-likeness (QED) is 0.426. The Hall–Kier alpha value is -3.89. The topological polar surface area (TPSA) is 123 Å². The van der Waals surface area contributed by atoms with Crippen LogP contribution in [-0.4, -0.2) is 33.4 Å². The largest absolute Gasteiger partial charge is 0.493 e. The van der Waals surface area contributed by atoms with Crippen molar-refractivity contribution in [3.63, 3.8) is 0 Å². The third-order valence-electron chi connectivity index (χ3n) is 4.63. The van der Waals surface area contributed by atoms with Gasteiger partial charge in [0.1, 0.15) is 5.75 Å².